The quantitative estimate of drug-likeness (QED) is 0.637. The van der Waals surface area contributed by atoms with E-state index in [0.717, 1.165) is 42.5 Å². The third-order valence-electron chi connectivity index (χ3n) is 4.65. The normalized spacial score (nSPS) is 26.0. The fourth-order valence-corrected chi connectivity index (χ4v) is 4.97. The fraction of sp³-hybridized carbons (Fsp3) is 0.600. The summed E-state index contributed by atoms with van der Waals surface area (Å²) in [5.41, 5.74) is 6.21. The zero-order valence-electron chi connectivity index (χ0n) is 12.3. The number of carbonyl (C=O) groups is 2. The van der Waals surface area contributed by atoms with Gasteiger partial charge in [-0.25, -0.2) is 0 Å². The lowest BCUT2D eigenvalue weighted by atomic mass is 10.0. The molecule has 1 fully saturated rings. The first-order valence-corrected chi connectivity index (χ1v) is 8.97. The monoisotopic (exact) mass is 360 g/mol. The molecule has 0 bridgehead atoms. The van der Waals surface area contributed by atoms with Crippen LogP contribution in [0.2, 0.25) is 0 Å². The second-order valence-electron chi connectivity index (χ2n) is 6.30. The van der Waals surface area contributed by atoms with Gasteiger partial charge >= 0.3 is 0 Å². The Hall–Kier alpha value is -0.780. The van der Waals surface area contributed by atoms with Gasteiger partial charge in [0.2, 0.25) is 5.91 Å². The fourth-order valence-electron chi connectivity index (χ4n) is 2.98. The highest BCUT2D eigenvalue weighted by Gasteiger charge is 2.68. The van der Waals surface area contributed by atoms with Crippen molar-refractivity contribution < 1.29 is 9.59 Å². The van der Waals surface area contributed by atoms with Crippen LogP contribution in [0.1, 0.15) is 53.4 Å². The highest BCUT2D eigenvalue weighted by Crippen LogP contribution is 2.64. The van der Waals surface area contributed by atoms with Gasteiger partial charge < -0.3 is 11.1 Å². The lowest BCUT2D eigenvalue weighted by Crippen LogP contribution is -2.27. The predicted molar refractivity (Wildman–Crippen MR) is 89.9 cm³/mol. The topological polar surface area (TPSA) is 72.2 Å². The van der Waals surface area contributed by atoms with Gasteiger partial charge in [0.1, 0.15) is 9.33 Å². The molecule has 1 saturated carbocycles. The van der Waals surface area contributed by atoms with E-state index in [4.69, 9.17) is 28.9 Å². The number of aryl methyl sites for hydroxylation is 1. The number of fused-ring (bicyclic) bond motifs is 1. The number of hydrogen-bond acceptors (Lipinski definition) is 3. The van der Waals surface area contributed by atoms with Crippen LogP contribution in [-0.4, -0.2) is 16.1 Å². The Morgan fingerprint density at radius 1 is 1.23 bits per heavy atom. The van der Waals surface area contributed by atoms with Gasteiger partial charge in [0.15, 0.2) is 0 Å². The zero-order valence-corrected chi connectivity index (χ0v) is 14.6. The third-order valence-corrected chi connectivity index (χ3v) is 6.96. The Bertz CT molecular complexity index is 656. The summed E-state index contributed by atoms with van der Waals surface area (Å²) in [5.74, 6) is -0.741. The van der Waals surface area contributed by atoms with E-state index < -0.39 is 15.7 Å². The van der Waals surface area contributed by atoms with E-state index in [2.05, 4.69) is 5.32 Å². The number of rotatable bonds is 3. The Balaban J connectivity index is 1.91. The van der Waals surface area contributed by atoms with Crippen molar-refractivity contribution in [3.05, 3.63) is 16.0 Å². The number of anilines is 1. The maximum atomic E-state index is 12.4. The molecule has 1 atom stereocenters. The molecule has 1 heterocycles. The molecule has 120 valence electrons. The van der Waals surface area contributed by atoms with Crippen LogP contribution in [-0.2, 0) is 17.6 Å². The number of halogens is 2. The first-order chi connectivity index (χ1) is 10.3. The zero-order chi connectivity index (χ0) is 16.1. The molecule has 0 saturated heterocycles. The van der Waals surface area contributed by atoms with Crippen LogP contribution in [0, 0.1) is 5.41 Å². The van der Waals surface area contributed by atoms with E-state index in [1.54, 1.807) is 6.92 Å². The molecule has 4 nitrogen and oxygen atoms in total. The van der Waals surface area contributed by atoms with Crippen molar-refractivity contribution in [1.29, 1.82) is 0 Å². The van der Waals surface area contributed by atoms with Gasteiger partial charge in [-0.2, -0.15) is 0 Å². The maximum Gasteiger partial charge on any atom is 0.251 e. The summed E-state index contributed by atoms with van der Waals surface area (Å²) in [5, 5.41) is 3.38. The van der Waals surface area contributed by atoms with Crippen LogP contribution in [0.4, 0.5) is 5.00 Å². The van der Waals surface area contributed by atoms with Gasteiger partial charge in [-0.1, -0.05) is 6.42 Å². The largest absolute Gasteiger partial charge is 0.365 e. The number of primary amides is 1. The first kappa shape index (κ1) is 16.1. The number of carbonyl (C=O) groups excluding carboxylic acids is 2. The van der Waals surface area contributed by atoms with Crippen molar-refractivity contribution in [3.63, 3.8) is 0 Å². The number of nitrogens with two attached hydrogens (primary N) is 1. The molecule has 3 N–H and O–H groups in total. The Kier molecular flexibility index (Phi) is 3.94. The molecular weight excluding hydrogens is 343 g/mol. The van der Waals surface area contributed by atoms with E-state index in [1.807, 2.05) is 0 Å². The van der Waals surface area contributed by atoms with Gasteiger partial charge in [0, 0.05) is 4.88 Å². The summed E-state index contributed by atoms with van der Waals surface area (Å²) in [4.78, 5) is 25.5. The first-order valence-electron chi connectivity index (χ1n) is 7.40. The number of amides is 2. The Morgan fingerprint density at radius 2 is 1.86 bits per heavy atom. The number of thiophene rings is 1. The summed E-state index contributed by atoms with van der Waals surface area (Å²) in [6.45, 7) is 1.73. The molecule has 0 unspecified atom stereocenters. The molecule has 1 aromatic rings. The van der Waals surface area contributed by atoms with Gasteiger partial charge in [-0.05, 0) is 44.6 Å². The van der Waals surface area contributed by atoms with Crippen LogP contribution in [0.15, 0.2) is 0 Å². The standard InChI is InChI=1S/C15H18Cl2N2O2S/c1-14(7-15(14,16)17)13(21)19-12-10(11(18)20)8-5-3-2-4-6-9(8)22-12/h2-7H2,1H3,(H2,18,20)(H,19,21)/t14-/m0/s1. The minimum Gasteiger partial charge on any atom is -0.365 e. The smallest absolute Gasteiger partial charge is 0.251 e. The molecule has 0 spiro atoms. The molecule has 0 aliphatic heterocycles. The van der Waals surface area contributed by atoms with Crippen molar-refractivity contribution in [3.8, 4) is 0 Å². The van der Waals surface area contributed by atoms with E-state index >= 15 is 0 Å². The highest BCUT2D eigenvalue weighted by atomic mass is 35.5. The molecule has 3 rings (SSSR count). The lowest BCUT2D eigenvalue weighted by Gasteiger charge is -2.12. The van der Waals surface area contributed by atoms with Crippen molar-refractivity contribution >= 4 is 51.4 Å². The molecule has 1 aromatic heterocycles. The molecular formula is C15H18Cl2N2O2S. The molecule has 2 amide bonds. The minimum absolute atomic E-state index is 0.253. The maximum absolute atomic E-state index is 12.4. The second kappa shape index (κ2) is 5.39. The van der Waals surface area contributed by atoms with Gasteiger partial charge in [-0.15, -0.1) is 34.5 Å². The summed E-state index contributed by atoms with van der Waals surface area (Å²) >= 11 is 13.6. The predicted octanol–water partition coefficient (Wildman–Crippen LogP) is 3.64. The van der Waals surface area contributed by atoms with Gasteiger partial charge in [0.05, 0.1) is 11.0 Å². The average molecular weight is 361 g/mol. The molecule has 0 aromatic carbocycles. The van der Waals surface area contributed by atoms with Crippen LogP contribution >= 0.6 is 34.5 Å². The molecule has 0 radical (unpaired) electrons. The van der Waals surface area contributed by atoms with Crippen LogP contribution in [0.5, 0.6) is 0 Å². The number of nitrogens with one attached hydrogen (secondary N) is 1. The second-order valence-corrected chi connectivity index (χ2v) is 8.89. The van der Waals surface area contributed by atoms with Gasteiger partial charge in [0.25, 0.3) is 5.91 Å². The van der Waals surface area contributed by atoms with Crippen LogP contribution in [0.25, 0.3) is 0 Å². The Morgan fingerprint density at radius 3 is 2.45 bits per heavy atom. The number of hydrogen-bond donors (Lipinski definition) is 2. The van der Waals surface area contributed by atoms with Crippen LogP contribution < -0.4 is 11.1 Å². The third kappa shape index (κ3) is 2.53. The van der Waals surface area contributed by atoms with Gasteiger partial charge in [-0.3, -0.25) is 9.59 Å². The molecule has 2 aliphatic carbocycles. The van der Waals surface area contributed by atoms with E-state index in [1.165, 1.54) is 11.3 Å². The van der Waals surface area contributed by atoms with Crippen molar-refractivity contribution in [2.75, 3.05) is 5.32 Å². The summed E-state index contributed by atoms with van der Waals surface area (Å²) in [6.07, 6.45) is 5.48. The molecule has 7 heteroatoms. The molecule has 22 heavy (non-hydrogen) atoms. The summed E-state index contributed by atoms with van der Waals surface area (Å²) < 4.78 is -1.03. The Labute approximate surface area is 143 Å². The minimum atomic E-state index is -1.03. The SMILES string of the molecule is C[C@@]1(C(=O)Nc2sc3c(c2C(N)=O)CCCCC3)CC1(Cl)Cl. The van der Waals surface area contributed by atoms with E-state index in [9.17, 15) is 9.59 Å². The summed E-state index contributed by atoms with van der Waals surface area (Å²) in [6, 6.07) is 0. The summed E-state index contributed by atoms with van der Waals surface area (Å²) in [7, 11) is 0. The average Bonchev–Trinajstić information content (AvgIpc) is 2.88. The van der Waals surface area contributed by atoms with Crippen molar-refractivity contribution in [2.24, 2.45) is 11.1 Å². The van der Waals surface area contributed by atoms with Crippen LogP contribution in [0.3, 0.4) is 0 Å². The highest BCUT2D eigenvalue weighted by molar-refractivity contribution is 7.17. The number of alkyl halides is 2. The van der Waals surface area contributed by atoms with Crippen molar-refractivity contribution in [1.82, 2.24) is 0 Å². The molecule has 2 aliphatic rings. The lowest BCUT2D eigenvalue weighted by molar-refractivity contribution is -0.120. The van der Waals surface area contributed by atoms with Crippen molar-refractivity contribution in [2.45, 2.75) is 49.8 Å². The van der Waals surface area contributed by atoms with E-state index in [0.29, 0.717) is 17.0 Å². The van der Waals surface area contributed by atoms with E-state index in [-0.39, 0.29) is 5.91 Å².